The topological polar surface area (TPSA) is 55.1 Å². The van der Waals surface area contributed by atoms with Crippen molar-refractivity contribution in [2.45, 2.75) is 25.3 Å². The van der Waals surface area contributed by atoms with E-state index in [9.17, 15) is 4.79 Å². The van der Waals surface area contributed by atoms with Gasteiger partial charge in [0.1, 0.15) is 0 Å². The number of nitrogens with two attached hydrogens (primary N) is 1. The Hall–Kier alpha value is -0.780. The Kier molecular flexibility index (Phi) is 8.95. The summed E-state index contributed by atoms with van der Waals surface area (Å²) in [6, 6.07) is 11.4. The third-order valence-corrected chi connectivity index (χ3v) is 4.89. The van der Waals surface area contributed by atoms with Crippen LogP contribution in [0.4, 0.5) is 0 Å². The highest BCUT2D eigenvalue weighted by Gasteiger charge is 2.09. The molecule has 0 aliphatic rings. The number of aryl methyl sites for hydroxylation is 1. The molecule has 0 radical (unpaired) electrons. The number of hydrogen-bond acceptors (Lipinski definition) is 3. The zero-order valence-electron chi connectivity index (χ0n) is 12.4. The fourth-order valence-electron chi connectivity index (χ4n) is 2.11. The zero-order valence-corrected chi connectivity index (χ0v) is 15.6. The van der Waals surface area contributed by atoms with E-state index in [1.165, 1.54) is 11.3 Å². The summed E-state index contributed by atoms with van der Waals surface area (Å²) in [6.07, 6.45) is 1.94. The second-order valence-electron chi connectivity index (χ2n) is 5.02. The van der Waals surface area contributed by atoms with Gasteiger partial charge in [-0.15, -0.1) is 23.7 Å². The van der Waals surface area contributed by atoms with E-state index in [-0.39, 0.29) is 24.4 Å². The minimum absolute atomic E-state index is 0. The molecule has 1 amide bonds. The number of halogens is 3. The molecular weight excluding hydrogens is 375 g/mol. The minimum atomic E-state index is -0.185. The van der Waals surface area contributed by atoms with Crippen LogP contribution in [0.1, 0.15) is 30.0 Å². The Balaban J connectivity index is 0.00000264. The summed E-state index contributed by atoms with van der Waals surface area (Å²) in [4.78, 5) is 11.8. The number of thiophene rings is 1. The molecule has 0 fully saturated rings. The van der Waals surface area contributed by atoms with E-state index < -0.39 is 0 Å². The van der Waals surface area contributed by atoms with E-state index in [0.717, 1.165) is 24.0 Å². The summed E-state index contributed by atoms with van der Waals surface area (Å²) < 4.78 is 1.38. The van der Waals surface area contributed by atoms with Crippen molar-refractivity contribution in [3.05, 3.63) is 56.2 Å². The van der Waals surface area contributed by atoms with Gasteiger partial charge in [0.25, 0.3) is 0 Å². The molecule has 0 aliphatic heterocycles. The fraction of sp³-hybridized carbons (Fsp3) is 0.312. The first kappa shape index (κ1) is 20.3. The predicted octanol–water partition coefficient (Wildman–Crippen LogP) is 4.62. The number of rotatable bonds is 7. The number of carbonyl (C=O) groups excluding carboxylic acids is 1. The molecule has 2 rings (SSSR count). The molecule has 3 nitrogen and oxygen atoms in total. The number of hydrogen-bond donors (Lipinski definition) is 2. The summed E-state index contributed by atoms with van der Waals surface area (Å²) in [5.74, 6) is 0.00355. The van der Waals surface area contributed by atoms with Crippen molar-refractivity contribution in [3.63, 3.8) is 0 Å². The Morgan fingerprint density at radius 2 is 1.96 bits per heavy atom. The lowest BCUT2D eigenvalue weighted by Crippen LogP contribution is -2.31. The van der Waals surface area contributed by atoms with Gasteiger partial charge in [0, 0.05) is 19.0 Å². The van der Waals surface area contributed by atoms with E-state index in [1.807, 2.05) is 36.4 Å². The molecule has 0 aliphatic carbocycles. The van der Waals surface area contributed by atoms with Gasteiger partial charge >= 0.3 is 0 Å². The van der Waals surface area contributed by atoms with Crippen molar-refractivity contribution in [2.75, 3.05) is 6.54 Å². The smallest absolute Gasteiger partial charge is 0.220 e. The summed E-state index contributed by atoms with van der Waals surface area (Å²) >= 11 is 13.3. The van der Waals surface area contributed by atoms with E-state index in [2.05, 4.69) is 5.32 Å². The second kappa shape index (κ2) is 10.2. The van der Waals surface area contributed by atoms with E-state index in [0.29, 0.717) is 21.6 Å². The molecule has 0 saturated heterocycles. The first-order valence-corrected chi connectivity index (χ1v) is 8.64. The molecule has 2 aromatic rings. The molecule has 7 heteroatoms. The normalized spacial score (nSPS) is 11.6. The number of benzene rings is 1. The van der Waals surface area contributed by atoms with Crippen molar-refractivity contribution < 1.29 is 4.79 Å². The standard InChI is InChI=1S/C16H18Cl2N2OS.ClH/c17-14-9-12(16(18)22-14)7-4-8-15(21)20-10-13(19)11-5-2-1-3-6-11;/h1-3,5-6,9,13H,4,7-8,10,19H2,(H,20,21);1H. The quantitative estimate of drug-likeness (QED) is 0.721. The van der Waals surface area contributed by atoms with Gasteiger partial charge in [0.2, 0.25) is 5.91 Å². The van der Waals surface area contributed by atoms with Crippen LogP contribution in [0.25, 0.3) is 0 Å². The van der Waals surface area contributed by atoms with E-state index >= 15 is 0 Å². The van der Waals surface area contributed by atoms with Gasteiger partial charge in [-0.2, -0.15) is 0 Å². The molecule has 0 saturated carbocycles. The maximum atomic E-state index is 11.8. The molecular formula is C16H19Cl3N2OS. The predicted molar refractivity (Wildman–Crippen MR) is 101 cm³/mol. The average molecular weight is 394 g/mol. The number of nitrogens with one attached hydrogen (secondary N) is 1. The maximum Gasteiger partial charge on any atom is 0.220 e. The second-order valence-corrected chi connectivity index (χ2v) is 7.31. The lowest BCUT2D eigenvalue weighted by atomic mass is 10.1. The van der Waals surface area contributed by atoms with Crippen molar-refractivity contribution >= 4 is 52.9 Å². The van der Waals surface area contributed by atoms with E-state index in [1.54, 1.807) is 0 Å². The molecule has 126 valence electrons. The highest BCUT2D eigenvalue weighted by Crippen LogP contribution is 2.31. The van der Waals surface area contributed by atoms with Crippen LogP contribution in [0.15, 0.2) is 36.4 Å². The molecule has 0 bridgehead atoms. The van der Waals surface area contributed by atoms with Crippen molar-refractivity contribution in [3.8, 4) is 0 Å². The van der Waals surface area contributed by atoms with Gasteiger partial charge in [-0.1, -0.05) is 53.5 Å². The maximum absolute atomic E-state index is 11.8. The number of carbonyl (C=O) groups is 1. The van der Waals surface area contributed by atoms with Gasteiger partial charge in [-0.25, -0.2) is 0 Å². The first-order valence-electron chi connectivity index (χ1n) is 7.07. The Labute approximate surface area is 156 Å². The summed E-state index contributed by atoms with van der Waals surface area (Å²) in [5, 5.41) is 2.87. The van der Waals surface area contributed by atoms with Crippen LogP contribution in [0.2, 0.25) is 8.67 Å². The third-order valence-electron chi connectivity index (χ3n) is 3.32. The number of amides is 1. The molecule has 1 aromatic heterocycles. The highest BCUT2D eigenvalue weighted by molar-refractivity contribution is 7.20. The summed E-state index contributed by atoms with van der Waals surface area (Å²) in [5.41, 5.74) is 8.06. The molecule has 1 aromatic carbocycles. The van der Waals surface area contributed by atoms with Gasteiger partial charge < -0.3 is 11.1 Å². The first-order chi connectivity index (χ1) is 10.6. The third kappa shape index (κ3) is 6.69. The molecule has 1 heterocycles. The summed E-state index contributed by atoms with van der Waals surface area (Å²) in [7, 11) is 0. The van der Waals surface area contributed by atoms with Crippen molar-refractivity contribution in [2.24, 2.45) is 5.73 Å². The lowest BCUT2D eigenvalue weighted by Gasteiger charge is -2.13. The monoisotopic (exact) mass is 392 g/mol. The Morgan fingerprint density at radius 3 is 2.57 bits per heavy atom. The minimum Gasteiger partial charge on any atom is -0.354 e. The van der Waals surface area contributed by atoms with Crippen LogP contribution in [0.3, 0.4) is 0 Å². The Morgan fingerprint density at radius 1 is 1.26 bits per heavy atom. The van der Waals surface area contributed by atoms with Crippen LogP contribution in [-0.4, -0.2) is 12.5 Å². The van der Waals surface area contributed by atoms with Crippen LogP contribution in [0, 0.1) is 0 Å². The zero-order chi connectivity index (χ0) is 15.9. The van der Waals surface area contributed by atoms with Crippen LogP contribution in [0.5, 0.6) is 0 Å². The van der Waals surface area contributed by atoms with Gasteiger partial charge in [0.05, 0.1) is 8.67 Å². The highest BCUT2D eigenvalue weighted by atomic mass is 35.5. The summed E-state index contributed by atoms with van der Waals surface area (Å²) in [6.45, 7) is 0.438. The SMILES string of the molecule is Cl.NC(CNC(=O)CCCc1cc(Cl)sc1Cl)c1ccccc1. The van der Waals surface area contributed by atoms with Crippen molar-refractivity contribution in [1.29, 1.82) is 0 Å². The van der Waals surface area contributed by atoms with E-state index in [4.69, 9.17) is 28.9 Å². The largest absolute Gasteiger partial charge is 0.354 e. The van der Waals surface area contributed by atoms with Gasteiger partial charge in [0.15, 0.2) is 0 Å². The van der Waals surface area contributed by atoms with Crippen LogP contribution in [-0.2, 0) is 11.2 Å². The van der Waals surface area contributed by atoms with Crippen LogP contribution >= 0.6 is 46.9 Å². The van der Waals surface area contributed by atoms with Crippen molar-refractivity contribution in [1.82, 2.24) is 5.32 Å². The van der Waals surface area contributed by atoms with Gasteiger partial charge in [-0.05, 0) is 30.0 Å². The van der Waals surface area contributed by atoms with Crippen LogP contribution < -0.4 is 11.1 Å². The van der Waals surface area contributed by atoms with Gasteiger partial charge in [-0.3, -0.25) is 4.79 Å². The molecule has 0 spiro atoms. The Bertz CT molecular complexity index is 619. The lowest BCUT2D eigenvalue weighted by molar-refractivity contribution is -0.121. The molecule has 23 heavy (non-hydrogen) atoms. The fourth-order valence-corrected chi connectivity index (χ4v) is 3.66. The molecule has 3 N–H and O–H groups in total. The molecule has 1 atom stereocenters. The molecule has 1 unspecified atom stereocenters. The average Bonchev–Trinajstić information content (AvgIpc) is 2.83.